The highest BCUT2D eigenvalue weighted by Gasteiger charge is 2.36. The number of carbonyl (C=O) groups excluding carboxylic acids is 1. The summed E-state index contributed by atoms with van der Waals surface area (Å²) >= 11 is 0. The van der Waals surface area contributed by atoms with Gasteiger partial charge in [-0.05, 0) is 73.3 Å². The van der Waals surface area contributed by atoms with Crippen LogP contribution < -0.4 is 5.32 Å². The fourth-order valence-electron chi connectivity index (χ4n) is 4.84. The molecule has 0 fully saturated rings. The van der Waals surface area contributed by atoms with Gasteiger partial charge in [-0.2, -0.15) is 0 Å². The summed E-state index contributed by atoms with van der Waals surface area (Å²) in [4.78, 5) is 12.4. The van der Waals surface area contributed by atoms with Crippen LogP contribution in [0.25, 0.3) is 0 Å². The van der Waals surface area contributed by atoms with Crippen molar-refractivity contribution in [3.8, 4) is 0 Å². The van der Waals surface area contributed by atoms with E-state index in [-0.39, 0.29) is 5.91 Å². The topological polar surface area (TPSA) is 38.3 Å². The number of hydrogen-bond donors (Lipinski definition) is 1. The first-order chi connectivity index (χ1) is 16.4. The fourth-order valence-corrected chi connectivity index (χ4v) is 10.3. The summed E-state index contributed by atoms with van der Waals surface area (Å²) in [5, 5.41) is 3.02. The first kappa shape index (κ1) is 28.3. The summed E-state index contributed by atoms with van der Waals surface area (Å²) in [6.07, 6.45) is 7.25. The summed E-state index contributed by atoms with van der Waals surface area (Å²) in [7, 11) is -1.85. The average molecular weight is 482 g/mol. The van der Waals surface area contributed by atoms with Crippen LogP contribution in [0.3, 0.4) is 0 Å². The van der Waals surface area contributed by atoms with E-state index in [2.05, 4.69) is 63.3 Å². The third-order valence-electron chi connectivity index (χ3n) is 6.65. The standard InChI is InChI=1S/C30H47NO2Si/c1-5-27(4)25-34(24-26(2)3,33-22-14-12-18-28-16-8-6-9-17-28)23-15-13-21-30(32)31-29-19-10-7-11-20-29/h6-11,16-17,19-20,26-27H,5,12-15,18,21-25H2,1-4H3,(H,31,32). The van der Waals surface area contributed by atoms with Crippen LogP contribution in [0.5, 0.6) is 0 Å². The number of carbonyl (C=O) groups is 1. The van der Waals surface area contributed by atoms with Crippen molar-refractivity contribution < 1.29 is 9.22 Å². The molecule has 4 heteroatoms. The highest BCUT2D eigenvalue weighted by molar-refractivity contribution is 6.73. The molecular weight excluding hydrogens is 434 g/mol. The highest BCUT2D eigenvalue weighted by atomic mass is 28.4. The van der Waals surface area contributed by atoms with Crippen LogP contribution in [0, 0.1) is 11.8 Å². The molecule has 0 aliphatic rings. The molecular formula is C30H47NO2Si. The molecule has 0 heterocycles. The van der Waals surface area contributed by atoms with E-state index in [1.54, 1.807) is 0 Å². The van der Waals surface area contributed by atoms with Crippen LogP contribution in [-0.2, 0) is 15.6 Å². The molecule has 0 saturated heterocycles. The zero-order chi connectivity index (χ0) is 24.7. The van der Waals surface area contributed by atoms with Crippen LogP contribution in [0.4, 0.5) is 5.69 Å². The molecule has 1 amide bonds. The third-order valence-corrected chi connectivity index (χ3v) is 11.7. The number of nitrogens with one attached hydrogen (secondary N) is 1. The molecule has 0 aliphatic heterocycles. The molecule has 0 radical (unpaired) electrons. The van der Waals surface area contributed by atoms with Gasteiger partial charge in [0, 0.05) is 18.7 Å². The molecule has 0 saturated carbocycles. The third kappa shape index (κ3) is 11.5. The number of benzene rings is 2. The van der Waals surface area contributed by atoms with Crippen molar-refractivity contribution in [3.05, 3.63) is 66.2 Å². The van der Waals surface area contributed by atoms with Gasteiger partial charge in [-0.25, -0.2) is 0 Å². The van der Waals surface area contributed by atoms with Gasteiger partial charge in [0.05, 0.1) is 0 Å². The minimum Gasteiger partial charge on any atom is -0.417 e. The molecule has 3 nitrogen and oxygen atoms in total. The summed E-state index contributed by atoms with van der Waals surface area (Å²) < 4.78 is 6.89. The zero-order valence-corrected chi connectivity index (χ0v) is 23.0. The smallest absolute Gasteiger partial charge is 0.224 e. The van der Waals surface area contributed by atoms with Crippen LogP contribution in [-0.4, -0.2) is 20.8 Å². The van der Waals surface area contributed by atoms with Crippen LogP contribution >= 0.6 is 0 Å². The van der Waals surface area contributed by atoms with Crippen molar-refractivity contribution in [2.45, 2.75) is 90.8 Å². The summed E-state index contributed by atoms with van der Waals surface area (Å²) in [5.74, 6) is 1.48. The second kappa shape index (κ2) is 15.9. The van der Waals surface area contributed by atoms with E-state index >= 15 is 0 Å². The minimum absolute atomic E-state index is 0.117. The largest absolute Gasteiger partial charge is 0.417 e. The van der Waals surface area contributed by atoms with Gasteiger partial charge in [0.25, 0.3) is 0 Å². The van der Waals surface area contributed by atoms with Crippen LogP contribution in [0.15, 0.2) is 60.7 Å². The number of unbranched alkanes of at least 4 members (excludes halogenated alkanes) is 2. The van der Waals surface area contributed by atoms with Gasteiger partial charge in [-0.15, -0.1) is 0 Å². The number of aryl methyl sites for hydroxylation is 1. The number of anilines is 1. The van der Waals surface area contributed by atoms with Gasteiger partial charge in [0.1, 0.15) is 0 Å². The van der Waals surface area contributed by atoms with Crippen molar-refractivity contribution in [3.63, 3.8) is 0 Å². The van der Waals surface area contributed by atoms with Gasteiger partial charge < -0.3 is 9.74 Å². The predicted octanol–water partition coefficient (Wildman–Crippen LogP) is 8.48. The number of hydrogen-bond acceptors (Lipinski definition) is 2. The van der Waals surface area contributed by atoms with E-state index in [0.717, 1.165) is 38.0 Å². The van der Waals surface area contributed by atoms with E-state index in [9.17, 15) is 4.79 Å². The Balaban J connectivity index is 1.86. The maximum absolute atomic E-state index is 12.4. The average Bonchev–Trinajstić information content (AvgIpc) is 2.82. The summed E-state index contributed by atoms with van der Waals surface area (Å²) in [5.41, 5.74) is 2.30. The Labute approximate surface area is 209 Å². The molecule has 2 unspecified atom stereocenters. The molecule has 34 heavy (non-hydrogen) atoms. The van der Waals surface area contributed by atoms with Gasteiger partial charge in [0.2, 0.25) is 5.91 Å². The molecule has 2 rings (SSSR count). The number of amides is 1. The summed E-state index contributed by atoms with van der Waals surface area (Å²) in [6, 6.07) is 24.2. The monoisotopic (exact) mass is 481 g/mol. The van der Waals surface area contributed by atoms with Crippen LogP contribution in [0.2, 0.25) is 18.1 Å². The van der Waals surface area contributed by atoms with E-state index in [4.69, 9.17) is 4.43 Å². The second-order valence-electron chi connectivity index (χ2n) is 10.4. The lowest BCUT2D eigenvalue weighted by Crippen LogP contribution is -2.41. The Kier molecular flexibility index (Phi) is 13.2. The SMILES string of the molecule is CCC(C)C[Si](CCCCC(=O)Nc1ccccc1)(CC(C)C)OCCCCc1ccccc1. The Morgan fingerprint density at radius 1 is 0.882 bits per heavy atom. The molecule has 188 valence electrons. The first-order valence-electron chi connectivity index (χ1n) is 13.4. The predicted molar refractivity (Wildman–Crippen MR) is 149 cm³/mol. The van der Waals surface area contributed by atoms with Crippen molar-refractivity contribution >= 4 is 19.9 Å². The molecule has 1 N–H and O–H groups in total. The molecule has 0 aromatic heterocycles. The van der Waals surface area contributed by atoms with Gasteiger partial charge in [-0.1, -0.05) is 89.1 Å². The van der Waals surface area contributed by atoms with Crippen molar-refractivity contribution in [2.24, 2.45) is 11.8 Å². The Morgan fingerprint density at radius 2 is 1.56 bits per heavy atom. The summed E-state index contributed by atoms with van der Waals surface area (Å²) in [6.45, 7) is 10.2. The van der Waals surface area contributed by atoms with Gasteiger partial charge in [0.15, 0.2) is 8.32 Å². The number of para-hydroxylation sites is 1. The normalized spacial score (nSPS) is 14.0. The maximum Gasteiger partial charge on any atom is 0.224 e. The second-order valence-corrected chi connectivity index (χ2v) is 14.4. The van der Waals surface area contributed by atoms with E-state index < -0.39 is 8.32 Å². The van der Waals surface area contributed by atoms with E-state index in [1.165, 1.54) is 36.5 Å². The lowest BCUT2D eigenvalue weighted by Gasteiger charge is -2.35. The highest BCUT2D eigenvalue weighted by Crippen LogP contribution is 2.33. The number of rotatable bonds is 17. The van der Waals surface area contributed by atoms with E-state index in [0.29, 0.717) is 18.3 Å². The zero-order valence-electron chi connectivity index (χ0n) is 22.0. The molecule has 0 aliphatic carbocycles. The minimum atomic E-state index is -1.85. The Hall–Kier alpha value is -1.91. The lowest BCUT2D eigenvalue weighted by molar-refractivity contribution is -0.116. The van der Waals surface area contributed by atoms with Gasteiger partial charge in [-0.3, -0.25) is 4.79 Å². The maximum atomic E-state index is 12.4. The van der Waals surface area contributed by atoms with Crippen LogP contribution in [0.1, 0.15) is 71.8 Å². The quantitative estimate of drug-likeness (QED) is 0.182. The molecule has 2 atom stereocenters. The van der Waals surface area contributed by atoms with E-state index in [1.807, 2.05) is 30.3 Å². The lowest BCUT2D eigenvalue weighted by atomic mass is 10.1. The van der Waals surface area contributed by atoms with Crippen molar-refractivity contribution in [2.75, 3.05) is 11.9 Å². The molecule has 2 aromatic carbocycles. The molecule has 2 aromatic rings. The van der Waals surface area contributed by atoms with Crippen molar-refractivity contribution in [1.82, 2.24) is 0 Å². The Morgan fingerprint density at radius 3 is 2.21 bits per heavy atom. The molecule has 0 spiro atoms. The fraction of sp³-hybridized carbons (Fsp3) is 0.567. The Bertz CT molecular complexity index is 796. The first-order valence-corrected chi connectivity index (χ1v) is 16.0. The van der Waals surface area contributed by atoms with Crippen molar-refractivity contribution in [1.29, 1.82) is 0 Å². The molecule has 0 bridgehead atoms. The van der Waals surface area contributed by atoms with Gasteiger partial charge >= 0.3 is 0 Å².